The standard InChI is InChI=1S/C9H15F3N2O3/c1-2-6(9(10,11)12)14-8(17)13-5-3-4-7(15)16/h6H,2-5H2,1H3,(H,15,16)(H2,13,14,17)/t6-/m0/s1. The lowest BCUT2D eigenvalue weighted by Crippen LogP contribution is -2.49. The molecule has 0 aromatic heterocycles. The van der Waals surface area contributed by atoms with Gasteiger partial charge in [-0.15, -0.1) is 0 Å². The molecule has 0 aromatic rings. The fraction of sp³-hybridized carbons (Fsp3) is 0.778. The first-order valence-electron chi connectivity index (χ1n) is 5.10. The van der Waals surface area contributed by atoms with Crippen LogP contribution in [-0.2, 0) is 4.79 Å². The van der Waals surface area contributed by atoms with Gasteiger partial charge in [-0.2, -0.15) is 13.2 Å². The van der Waals surface area contributed by atoms with Gasteiger partial charge in [0, 0.05) is 13.0 Å². The summed E-state index contributed by atoms with van der Waals surface area (Å²) in [6, 6.07) is -2.83. The molecule has 0 rings (SSSR count). The number of carboxylic acid groups (broad SMARTS) is 1. The summed E-state index contributed by atoms with van der Waals surface area (Å²) in [6.45, 7) is 1.33. The van der Waals surface area contributed by atoms with Crippen LogP contribution in [-0.4, -0.2) is 35.9 Å². The third-order valence-electron chi connectivity index (χ3n) is 1.96. The molecule has 0 saturated carbocycles. The molecule has 0 spiro atoms. The fourth-order valence-electron chi connectivity index (χ4n) is 1.07. The first kappa shape index (κ1) is 15.5. The summed E-state index contributed by atoms with van der Waals surface area (Å²) in [7, 11) is 0. The van der Waals surface area contributed by atoms with E-state index < -0.39 is 24.2 Å². The van der Waals surface area contributed by atoms with E-state index in [1.807, 2.05) is 0 Å². The van der Waals surface area contributed by atoms with Crippen molar-refractivity contribution in [1.82, 2.24) is 10.6 Å². The summed E-state index contributed by atoms with van der Waals surface area (Å²) < 4.78 is 36.8. The second kappa shape index (κ2) is 6.97. The zero-order valence-electron chi connectivity index (χ0n) is 9.30. The Bertz CT molecular complexity index is 269. The summed E-state index contributed by atoms with van der Waals surface area (Å²) in [5.74, 6) is -1.02. The highest BCUT2D eigenvalue weighted by Crippen LogP contribution is 2.21. The number of carboxylic acids is 1. The summed E-state index contributed by atoms with van der Waals surface area (Å²) in [6.07, 6.45) is -4.71. The lowest BCUT2D eigenvalue weighted by Gasteiger charge is -2.20. The van der Waals surface area contributed by atoms with Gasteiger partial charge in [0.1, 0.15) is 6.04 Å². The fourth-order valence-corrected chi connectivity index (χ4v) is 1.07. The predicted octanol–water partition coefficient (Wildman–Crippen LogP) is 1.49. The molecule has 0 aromatic carbocycles. The maximum Gasteiger partial charge on any atom is 0.408 e. The molecule has 0 radical (unpaired) electrons. The van der Waals surface area contributed by atoms with Crippen LogP contribution in [0.5, 0.6) is 0 Å². The highest BCUT2D eigenvalue weighted by molar-refractivity contribution is 5.74. The van der Waals surface area contributed by atoms with Gasteiger partial charge in [0.05, 0.1) is 0 Å². The number of alkyl halides is 3. The molecule has 3 N–H and O–H groups in total. The molecule has 17 heavy (non-hydrogen) atoms. The third kappa shape index (κ3) is 7.42. The Balaban J connectivity index is 3.88. The van der Waals surface area contributed by atoms with E-state index in [4.69, 9.17) is 5.11 Å². The van der Waals surface area contributed by atoms with Crippen molar-refractivity contribution in [3.05, 3.63) is 0 Å². The van der Waals surface area contributed by atoms with E-state index in [0.29, 0.717) is 0 Å². The predicted molar refractivity (Wildman–Crippen MR) is 53.5 cm³/mol. The number of hydrogen-bond acceptors (Lipinski definition) is 2. The second-order valence-corrected chi connectivity index (χ2v) is 3.40. The SMILES string of the molecule is CC[C@H](NC(=O)NCCCC(=O)O)C(F)(F)F. The smallest absolute Gasteiger partial charge is 0.408 e. The summed E-state index contributed by atoms with van der Waals surface area (Å²) >= 11 is 0. The molecular formula is C9H15F3N2O3. The molecule has 8 heteroatoms. The van der Waals surface area contributed by atoms with Crippen LogP contribution >= 0.6 is 0 Å². The Labute approximate surface area is 96.4 Å². The largest absolute Gasteiger partial charge is 0.481 e. The van der Waals surface area contributed by atoms with E-state index in [0.717, 1.165) is 0 Å². The molecule has 100 valence electrons. The maximum absolute atomic E-state index is 12.3. The zero-order chi connectivity index (χ0) is 13.5. The lowest BCUT2D eigenvalue weighted by atomic mass is 10.2. The minimum absolute atomic E-state index is 0.0203. The molecule has 0 bridgehead atoms. The molecule has 0 aliphatic heterocycles. The van der Waals surface area contributed by atoms with Crippen molar-refractivity contribution in [2.45, 2.75) is 38.4 Å². The van der Waals surface area contributed by atoms with Crippen molar-refractivity contribution in [3.63, 3.8) is 0 Å². The van der Waals surface area contributed by atoms with Crippen molar-refractivity contribution >= 4 is 12.0 Å². The van der Waals surface area contributed by atoms with Crippen LogP contribution < -0.4 is 10.6 Å². The number of urea groups is 1. The second-order valence-electron chi connectivity index (χ2n) is 3.40. The van der Waals surface area contributed by atoms with Crippen molar-refractivity contribution in [2.75, 3.05) is 6.54 Å². The summed E-state index contributed by atoms with van der Waals surface area (Å²) in [4.78, 5) is 21.2. The van der Waals surface area contributed by atoms with Gasteiger partial charge in [0.15, 0.2) is 0 Å². The highest BCUT2D eigenvalue weighted by atomic mass is 19.4. The minimum Gasteiger partial charge on any atom is -0.481 e. The van der Waals surface area contributed by atoms with Crippen molar-refractivity contribution in [3.8, 4) is 0 Å². The molecule has 0 fully saturated rings. The summed E-state index contributed by atoms with van der Waals surface area (Å²) in [5, 5.41) is 12.2. The van der Waals surface area contributed by atoms with Crippen molar-refractivity contribution in [2.24, 2.45) is 0 Å². The van der Waals surface area contributed by atoms with Crippen LogP contribution in [0.1, 0.15) is 26.2 Å². The molecule has 5 nitrogen and oxygen atoms in total. The van der Waals surface area contributed by atoms with Gasteiger partial charge in [-0.05, 0) is 12.8 Å². The van der Waals surface area contributed by atoms with Crippen LogP contribution in [0.25, 0.3) is 0 Å². The van der Waals surface area contributed by atoms with E-state index >= 15 is 0 Å². The van der Waals surface area contributed by atoms with E-state index in [9.17, 15) is 22.8 Å². The first-order chi connectivity index (χ1) is 7.77. The number of rotatable bonds is 6. The van der Waals surface area contributed by atoms with Crippen LogP contribution in [0.4, 0.5) is 18.0 Å². The number of halogens is 3. The van der Waals surface area contributed by atoms with Crippen LogP contribution in [0, 0.1) is 0 Å². The molecule has 0 unspecified atom stereocenters. The number of hydrogen-bond donors (Lipinski definition) is 3. The molecule has 0 saturated heterocycles. The normalized spacial score (nSPS) is 12.9. The summed E-state index contributed by atoms with van der Waals surface area (Å²) in [5.41, 5.74) is 0. The van der Waals surface area contributed by atoms with Gasteiger partial charge in [0.2, 0.25) is 0 Å². The van der Waals surface area contributed by atoms with E-state index in [2.05, 4.69) is 5.32 Å². The van der Waals surface area contributed by atoms with Gasteiger partial charge in [0.25, 0.3) is 0 Å². The number of carbonyl (C=O) groups excluding carboxylic acids is 1. The van der Waals surface area contributed by atoms with Gasteiger partial charge in [-0.1, -0.05) is 6.92 Å². The lowest BCUT2D eigenvalue weighted by molar-refractivity contribution is -0.153. The molecule has 2 amide bonds. The van der Waals surface area contributed by atoms with Crippen LogP contribution in [0.2, 0.25) is 0 Å². The van der Waals surface area contributed by atoms with E-state index in [1.165, 1.54) is 6.92 Å². The van der Waals surface area contributed by atoms with Gasteiger partial charge in [-0.25, -0.2) is 4.79 Å². The average Bonchev–Trinajstić information content (AvgIpc) is 2.19. The monoisotopic (exact) mass is 256 g/mol. The van der Waals surface area contributed by atoms with Crippen LogP contribution in [0.15, 0.2) is 0 Å². The highest BCUT2D eigenvalue weighted by Gasteiger charge is 2.39. The Kier molecular flexibility index (Phi) is 6.37. The zero-order valence-corrected chi connectivity index (χ0v) is 9.30. The van der Waals surface area contributed by atoms with Gasteiger partial charge < -0.3 is 15.7 Å². The van der Waals surface area contributed by atoms with Gasteiger partial charge in [-0.3, -0.25) is 4.79 Å². The Morgan fingerprint density at radius 3 is 2.35 bits per heavy atom. The Morgan fingerprint density at radius 1 is 1.35 bits per heavy atom. The molecule has 0 aliphatic rings. The Hall–Kier alpha value is -1.47. The molecule has 1 atom stereocenters. The van der Waals surface area contributed by atoms with Gasteiger partial charge >= 0.3 is 18.2 Å². The first-order valence-corrected chi connectivity index (χ1v) is 5.10. The van der Waals surface area contributed by atoms with Crippen LogP contribution in [0.3, 0.4) is 0 Å². The number of carbonyl (C=O) groups is 2. The Morgan fingerprint density at radius 2 is 1.94 bits per heavy atom. The maximum atomic E-state index is 12.3. The van der Waals surface area contributed by atoms with Crippen molar-refractivity contribution < 1.29 is 27.9 Å². The quantitative estimate of drug-likeness (QED) is 0.630. The van der Waals surface area contributed by atoms with E-state index in [-0.39, 0.29) is 25.8 Å². The van der Waals surface area contributed by atoms with Crippen molar-refractivity contribution in [1.29, 1.82) is 0 Å². The minimum atomic E-state index is -4.48. The van der Waals surface area contributed by atoms with E-state index in [1.54, 1.807) is 5.32 Å². The number of nitrogens with one attached hydrogen (secondary N) is 2. The topological polar surface area (TPSA) is 78.4 Å². The number of amides is 2. The molecule has 0 heterocycles. The third-order valence-corrected chi connectivity index (χ3v) is 1.96. The number of aliphatic carboxylic acids is 1. The average molecular weight is 256 g/mol. The molecule has 0 aliphatic carbocycles. The molecular weight excluding hydrogens is 241 g/mol.